The Morgan fingerprint density at radius 1 is 1.40 bits per heavy atom. The van der Waals surface area contributed by atoms with Crippen LogP contribution in [0.4, 0.5) is 0 Å². The van der Waals surface area contributed by atoms with Gasteiger partial charge in [-0.3, -0.25) is 4.79 Å². The number of likely N-dealkylation sites (N-methyl/N-ethyl adjacent to an activating group) is 1. The third-order valence-corrected chi connectivity index (χ3v) is 3.61. The van der Waals surface area contributed by atoms with Crippen LogP contribution in [0.2, 0.25) is 0 Å². The van der Waals surface area contributed by atoms with Gasteiger partial charge in [0.25, 0.3) is 0 Å². The van der Waals surface area contributed by atoms with Crippen molar-refractivity contribution in [2.75, 3.05) is 18.1 Å². The Labute approximate surface area is 97.0 Å². The van der Waals surface area contributed by atoms with Crippen LogP contribution in [0.1, 0.15) is 40.0 Å². The normalized spacial score (nSPS) is 14.9. The van der Waals surface area contributed by atoms with Gasteiger partial charge < -0.3 is 10.4 Å². The fraction of sp³-hybridized carbons (Fsp3) is 0.909. The van der Waals surface area contributed by atoms with Crippen molar-refractivity contribution < 1.29 is 9.90 Å². The van der Waals surface area contributed by atoms with Crippen molar-refractivity contribution in [3.8, 4) is 0 Å². The van der Waals surface area contributed by atoms with E-state index in [1.165, 1.54) is 0 Å². The van der Waals surface area contributed by atoms with Gasteiger partial charge in [-0.1, -0.05) is 20.8 Å². The van der Waals surface area contributed by atoms with E-state index in [1.807, 2.05) is 25.6 Å². The van der Waals surface area contributed by atoms with E-state index in [2.05, 4.69) is 12.2 Å². The topological polar surface area (TPSA) is 49.3 Å². The molecule has 0 saturated carbocycles. The van der Waals surface area contributed by atoms with Crippen LogP contribution in [0.3, 0.4) is 0 Å². The van der Waals surface area contributed by atoms with Crippen molar-refractivity contribution in [2.24, 2.45) is 0 Å². The van der Waals surface area contributed by atoms with E-state index in [-0.39, 0.29) is 0 Å². The highest BCUT2D eigenvalue weighted by atomic mass is 32.2. The zero-order valence-corrected chi connectivity index (χ0v) is 10.8. The van der Waals surface area contributed by atoms with Gasteiger partial charge in [-0.25, -0.2) is 0 Å². The third kappa shape index (κ3) is 4.89. The minimum atomic E-state index is -0.714. The molecule has 0 aromatic heterocycles. The minimum Gasteiger partial charge on any atom is -0.480 e. The van der Waals surface area contributed by atoms with Crippen molar-refractivity contribution in [2.45, 2.75) is 45.6 Å². The summed E-state index contributed by atoms with van der Waals surface area (Å²) in [6.07, 6.45) is 2.33. The molecule has 0 spiro atoms. The first-order chi connectivity index (χ1) is 7.13. The van der Waals surface area contributed by atoms with Gasteiger partial charge in [0, 0.05) is 0 Å². The molecule has 1 unspecified atom stereocenters. The molecule has 3 nitrogen and oxygen atoms in total. The van der Waals surface area contributed by atoms with Crippen LogP contribution in [-0.2, 0) is 4.79 Å². The van der Waals surface area contributed by atoms with Gasteiger partial charge in [0.1, 0.15) is 5.54 Å². The smallest absolute Gasteiger partial charge is 0.323 e. The Morgan fingerprint density at radius 2 is 2.07 bits per heavy atom. The maximum absolute atomic E-state index is 11.2. The van der Waals surface area contributed by atoms with E-state index < -0.39 is 11.5 Å². The Balaban J connectivity index is 4.16. The molecule has 15 heavy (non-hydrogen) atoms. The van der Waals surface area contributed by atoms with Crippen LogP contribution < -0.4 is 5.32 Å². The van der Waals surface area contributed by atoms with Gasteiger partial charge in [-0.05, 0) is 37.3 Å². The number of nitrogens with one attached hydrogen (secondary N) is 1. The quantitative estimate of drug-likeness (QED) is 0.600. The number of hydrogen-bond donors (Lipinski definition) is 2. The molecular formula is C11H23NO2S. The third-order valence-electron chi connectivity index (χ3n) is 2.62. The lowest BCUT2D eigenvalue weighted by molar-refractivity contribution is -0.145. The molecule has 4 heteroatoms. The number of carboxylic acid groups (broad SMARTS) is 1. The summed E-state index contributed by atoms with van der Waals surface area (Å²) in [6, 6.07) is 0. The highest BCUT2D eigenvalue weighted by Gasteiger charge is 2.34. The monoisotopic (exact) mass is 233 g/mol. The fourth-order valence-electron chi connectivity index (χ4n) is 1.68. The van der Waals surface area contributed by atoms with E-state index in [0.717, 1.165) is 24.3 Å². The van der Waals surface area contributed by atoms with E-state index >= 15 is 0 Å². The van der Waals surface area contributed by atoms with E-state index in [4.69, 9.17) is 0 Å². The lowest BCUT2D eigenvalue weighted by Gasteiger charge is -2.29. The van der Waals surface area contributed by atoms with Gasteiger partial charge >= 0.3 is 5.97 Å². The molecule has 0 heterocycles. The molecule has 0 fully saturated rings. The van der Waals surface area contributed by atoms with Crippen molar-refractivity contribution in [1.82, 2.24) is 5.32 Å². The summed E-state index contributed by atoms with van der Waals surface area (Å²) >= 11 is 1.87. The molecule has 90 valence electrons. The van der Waals surface area contributed by atoms with Crippen LogP contribution >= 0.6 is 11.8 Å². The summed E-state index contributed by atoms with van der Waals surface area (Å²) in [4.78, 5) is 11.2. The average Bonchev–Trinajstić information content (AvgIpc) is 2.22. The SMILES string of the molecule is CCNC(CC)(CCCSCC)C(=O)O. The van der Waals surface area contributed by atoms with Crippen LogP contribution in [-0.4, -0.2) is 34.7 Å². The molecule has 1 atom stereocenters. The highest BCUT2D eigenvalue weighted by Crippen LogP contribution is 2.19. The van der Waals surface area contributed by atoms with Crippen LogP contribution in [0.15, 0.2) is 0 Å². The maximum atomic E-state index is 11.2. The Morgan fingerprint density at radius 3 is 2.47 bits per heavy atom. The van der Waals surface area contributed by atoms with Crippen LogP contribution in [0, 0.1) is 0 Å². The molecule has 0 radical (unpaired) electrons. The predicted molar refractivity (Wildman–Crippen MR) is 66.6 cm³/mol. The van der Waals surface area contributed by atoms with Gasteiger partial charge in [-0.2, -0.15) is 11.8 Å². The minimum absolute atomic E-state index is 0.646. The van der Waals surface area contributed by atoms with Crippen molar-refractivity contribution in [3.63, 3.8) is 0 Å². The first-order valence-corrected chi connectivity index (χ1v) is 6.84. The molecule has 0 aliphatic carbocycles. The van der Waals surface area contributed by atoms with Crippen LogP contribution in [0.25, 0.3) is 0 Å². The van der Waals surface area contributed by atoms with Gasteiger partial charge in [0.05, 0.1) is 0 Å². The standard InChI is InChI=1S/C11H23NO2S/c1-4-11(10(13)14,12-5-2)8-7-9-15-6-3/h12H,4-9H2,1-3H3,(H,13,14). The number of rotatable bonds is 9. The van der Waals surface area contributed by atoms with Gasteiger partial charge in [0.2, 0.25) is 0 Å². The van der Waals surface area contributed by atoms with Crippen molar-refractivity contribution in [1.29, 1.82) is 0 Å². The molecule has 0 aliphatic rings. The lowest BCUT2D eigenvalue weighted by Crippen LogP contribution is -2.51. The van der Waals surface area contributed by atoms with Crippen molar-refractivity contribution >= 4 is 17.7 Å². The molecule has 0 aromatic carbocycles. The second-order valence-electron chi connectivity index (χ2n) is 3.57. The number of thioether (sulfide) groups is 1. The zero-order valence-electron chi connectivity index (χ0n) is 10.0. The average molecular weight is 233 g/mol. The highest BCUT2D eigenvalue weighted by molar-refractivity contribution is 7.99. The lowest BCUT2D eigenvalue weighted by atomic mass is 9.91. The maximum Gasteiger partial charge on any atom is 0.323 e. The number of aliphatic carboxylic acids is 1. The second-order valence-corrected chi connectivity index (χ2v) is 4.97. The fourth-order valence-corrected chi connectivity index (χ4v) is 2.32. The molecule has 0 rings (SSSR count). The van der Waals surface area contributed by atoms with Crippen molar-refractivity contribution in [3.05, 3.63) is 0 Å². The summed E-state index contributed by atoms with van der Waals surface area (Å²) in [5, 5.41) is 12.4. The number of carboxylic acids is 1. The van der Waals surface area contributed by atoms with E-state index in [9.17, 15) is 9.90 Å². The summed E-state index contributed by atoms with van der Waals surface area (Å²) in [6.45, 7) is 6.72. The molecule has 2 N–H and O–H groups in total. The molecule has 0 aliphatic heterocycles. The molecule has 0 amide bonds. The largest absolute Gasteiger partial charge is 0.480 e. The van der Waals surface area contributed by atoms with Gasteiger partial charge in [-0.15, -0.1) is 0 Å². The molecule has 0 aromatic rings. The first kappa shape index (κ1) is 14.8. The number of carbonyl (C=O) groups is 1. The Kier molecular flexibility index (Phi) is 7.88. The van der Waals surface area contributed by atoms with E-state index in [1.54, 1.807) is 0 Å². The zero-order chi connectivity index (χ0) is 11.7. The van der Waals surface area contributed by atoms with Gasteiger partial charge in [0.15, 0.2) is 0 Å². The first-order valence-electron chi connectivity index (χ1n) is 5.69. The number of hydrogen-bond acceptors (Lipinski definition) is 3. The summed E-state index contributed by atoms with van der Waals surface area (Å²) in [5.41, 5.74) is -0.705. The molecule has 0 saturated heterocycles. The Bertz CT molecular complexity index is 187. The summed E-state index contributed by atoms with van der Waals surface area (Å²) < 4.78 is 0. The predicted octanol–water partition coefficient (Wildman–Crippen LogP) is 2.36. The van der Waals surface area contributed by atoms with Crippen LogP contribution in [0.5, 0.6) is 0 Å². The molecule has 0 bridgehead atoms. The Hall–Kier alpha value is -0.220. The summed E-state index contributed by atoms with van der Waals surface area (Å²) in [7, 11) is 0. The second kappa shape index (κ2) is 7.99. The summed E-state index contributed by atoms with van der Waals surface area (Å²) in [5.74, 6) is 1.44. The molecular weight excluding hydrogens is 210 g/mol. The van der Waals surface area contributed by atoms with E-state index in [0.29, 0.717) is 13.0 Å².